The Balaban J connectivity index is 1.77. The molecule has 0 saturated carbocycles. The fourth-order valence-electron chi connectivity index (χ4n) is 2.81. The first-order valence-corrected chi connectivity index (χ1v) is 7.87. The van der Waals surface area contributed by atoms with Gasteiger partial charge in [0.05, 0.1) is 5.69 Å². The average Bonchev–Trinajstić information content (AvgIpc) is 2.94. The van der Waals surface area contributed by atoms with Crippen LogP contribution in [0.3, 0.4) is 0 Å². The third-order valence-electron chi connectivity index (χ3n) is 4.17. The van der Waals surface area contributed by atoms with Crippen molar-refractivity contribution in [2.45, 2.75) is 27.3 Å². The van der Waals surface area contributed by atoms with Gasteiger partial charge in [-0.3, -0.25) is 9.88 Å². The normalized spacial score (nSPS) is 14.0. The maximum absolute atomic E-state index is 11.9. The molecule has 1 aliphatic rings. The van der Waals surface area contributed by atoms with E-state index in [1.807, 2.05) is 45.0 Å². The van der Waals surface area contributed by atoms with E-state index in [-0.39, 0.29) is 6.03 Å². The molecule has 5 nitrogen and oxygen atoms in total. The number of urea groups is 1. The lowest BCUT2D eigenvalue weighted by atomic mass is 10.1. The molecule has 0 bridgehead atoms. The van der Waals surface area contributed by atoms with Crippen LogP contribution in [0.4, 0.5) is 16.2 Å². The van der Waals surface area contributed by atoms with Gasteiger partial charge in [-0.2, -0.15) is 0 Å². The average molecular weight is 310 g/mol. The summed E-state index contributed by atoms with van der Waals surface area (Å²) in [6.07, 6.45) is 0. The standard InChI is InChI=1S/C18H22N4O/c1-12-4-7-16(10-17(12)22-9-8-19-18(22)23)20-11-15-6-5-13(2)21-14(15)3/h4-7,10,20H,8-9,11H2,1-3H3,(H,19,23). The van der Waals surface area contributed by atoms with Crippen molar-refractivity contribution in [3.8, 4) is 0 Å². The summed E-state index contributed by atoms with van der Waals surface area (Å²) in [5, 5.41) is 6.27. The predicted molar refractivity (Wildman–Crippen MR) is 93.0 cm³/mol. The van der Waals surface area contributed by atoms with Gasteiger partial charge in [0.15, 0.2) is 0 Å². The minimum atomic E-state index is -0.0242. The number of carbonyl (C=O) groups excluding carboxylic acids is 1. The molecule has 5 heteroatoms. The number of carbonyl (C=O) groups is 1. The molecule has 0 unspecified atom stereocenters. The van der Waals surface area contributed by atoms with Crippen molar-refractivity contribution in [1.29, 1.82) is 0 Å². The van der Waals surface area contributed by atoms with E-state index >= 15 is 0 Å². The van der Waals surface area contributed by atoms with Crippen LogP contribution in [0, 0.1) is 20.8 Å². The van der Waals surface area contributed by atoms with E-state index in [4.69, 9.17) is 0 Å². The fourth-order valence-corrected chi connectivity index (χ4v) is 2.81. The molecule has 2 N–H and O–H groups in total. The third-order valence-corrected chi connectivity index (χ3v) is 4.17. The van der Waals surface area contributed by atoms with Gasteiger partial charge in [-0.05, 0) is 50.1 Å². The summed E-state index contributed by atoms with van der Waals surface area (Å²) in [4.78, 5) is 18.2. The molecule has 2 aromatic rings. The Kier molecular flexibility index (Phi) is 4.19. The molecule has 2 heterocycles. The van der Waals surface area contributed by atoms with Crippen LogP contribution in [-0.2, 0) is 6.54 Å². The van der Waals surface area contributed by atoms with Crippen LogP contribution in [0.5, 0.6) is 0 Å². The highest BCUT2D eigenvalue weighted by Gasteiger charge is 2.22. The second kappa shape index (κ2) is 6.28. The predicted octanol–water partition coefficient (Wildman–Crippen LogP) is 3.15. The summed E-state index contributed by atoms with van der Waals surface area (Å²) >= 11 is 0. The van der Waals surface area contributed by atoms with Crippen molar-refractivity contribution in [3.63, 3.8) is 0 Å². The van der Waals surface area contributed by atoms with Gasteiger partial charge in [-0.15, -0.1) is 0 Å². The third kappa shape index (κ3) is 3.28. The van der Waals surface area contributed by atoms with E-state index in [1.54, 1.807) is 4.90 Å². The van der Waals surface area contributed by atoms with E-state index in [0.29, 0.717) is 19.6 Å². The molecular weight excluding hydrogens is 288 g/mol. The van der Waals surface area contributed by atoms with Crippen LogP contribution in [0.15, 0.2) is 30.3 Å². The molecule has 1 aliphatic heterocycles. The second-order valence-corrected chi connectivity index (χ2v) is 5.94. The van der Waals surface area contributed by atoms with Crippen LogP contribution in [-0.4, -0.2) is 24.1 Å². The van der Waals surface area contributed by atoms with Gasteiger partial charge < -0.3 is 10.6 Å². The fraction of sp³-hybridized carbons (Fsp3) is 0.333. The van der Waals surface area contributed by atoms with E-state index in [9.17, 15) is 4.79 Å². The quantitative estimate of drug-likeness (QED) is 0.912. The Bertz CT molecular complexity index is 742. The Hall–Kier alpha value is -2.56. The molecule has 0 spiro atoms. The summed E-state index contributed by atoms with van der Waals surface area (Å²) in [5.41, 5.74) is 6.32. The second-order valence-electron chi connectivity index (χ2n) is 5.94. The van der Waals surface area contributed by atoms with E-state index in [2.05, 4.69) is 21.7 Å². The monoisotopic (exact) mass is 310 g/mol. The number of nitrogens with zero attached hydrogens (tertiary/aromatic N) is 2. The lowest BCUT2D eigenvalue weighted by molar-refractivity contribution is 0.252. The maximum atomic E-state index is 11.9. The van der Waals surface area contributed by atoms with Crippen LogP contribution < -0.4 is 15.5 Å². The van der Waals surface area contributed by atoms with Gasteiger partial charge in [0.2, 0.25) is 0 Å². The molecule has 0 radical (unpaired) electrons. The summed E-state index contributed by atoms with van der Waals surface area (Å²) in [6, 6.07) is 10.2. The molecule has 23 heavy (non-hydrogen) atoms. The lowest BCUT2D eigenvalue weighted by Crippen LogP contribution is -2.28. The Morgan fingerprint density at radius 3 is 2.74 bits per heavy atom. The van der Waals surface area contributed by atoms with Gasteiger partial charge >= 0.3 is 6.03 Å². The van der Waals surface area contributed by atoms with Crippen molar-refractivity contribution in [3.05, 3.63) is 52.8 Å². The molecule has 1 saturated heterocycles. The van der Waals surface area contributed by atoms with E-state index < -0.39 is 0 Å². The topological polar surface area (TPSA) is 57.3 Å². The van der Waals surface area contributed by atoms with Crippen LogP contribution in [0.25, 0.3) is 0 Å². The molecule has 0 aliphatic carbocycles. The number of anilines is 2. The van der Waals surface area contributed by atoms with Crippen LogP contribution in [0.2, 0.25) is 0 Å². The van der Waals surface area contributed by atoms with Crippen molar-refractivity contribution in [1.82, 2.24) is 10.3 Å². The zero-order valence-electron chi connectivity index (χ0n) is 13.8. The zero-order valence-corrected chi connectivity index (χ0v) is 13.8. The number of hydrogen-bond acceptors (Lipinski definition) is 3. The number of aryl methyl sites for hydroxylation is 3. The van der Waals surface area contributed by atoms with Gasteiger partial charge in [0, 0.05) is 36.7 Å². The van der Waals surface area contributed by atoms with Gasteiger partial charge in [0.25, 0.3) is 0 Å². The van der Waals surface area contributed by atoms with Crippen molar-refractivity contribution < 1.29 is 4.79 Å². The first-order valence-electron chi connectivity index (χ1n) is 7.87. The number of aromatic nitrogens is 1. The number of amides is 2. The number of pyridine rings is 1. The first kappa shape index (κ1) is 15.3. The lowest BCUT2D eigenvalue weighted by Gasteiger charge is -2.19. The summed E-state index contributed by atoms with van der Waals surface area (Å²) in [5.74, 6) is 0. The minimum Gasteiger partial charge on any atom is -0.381 e. The van der Waals surface area contributed by atoms with Gasteiger partial charge in [0.1, 0.15) is 0 Å². The van der Waals surface area contributed by atoms with Crippen LogP contribution >= 0.6 is 0 Å². The minimum absolute atomic E-state index is 0.0242. The molecule has 3 rings (SSSR count). The van der Waals surface area contributed by atoms with E-state index in [1.165, 1.54) is 5.56 Å². The summed E-state index contributed by atoms with van der Waals surface area (Å²) < 4.78 is 0. The molecule has 1 aromatic heterocycles. The smallest absolute Gasteiger partial charge is 0.322 e. The number of nitrogens with one attached hydrogen (secondary N) is 2. The van der Waals surface area contributed by atoms with Gasteiger partial charge in [-0.25, -0.2) is 4.79 Å². The highest BCUT2D eigenvalue weighted by atomic mass is 16.2. The Morgan fingerprint density at radius 1 is 1.22 bits per heavy atom. The van der Waals surface area contributed by atoms with Crippen molar-refractivity contribution in [2.24, 2.45) is 0 Å². The number of rotatable bonds is 4. The van der Waals surface area contributed by atoms with Crippen molar-refractivity contribution >= 4 is 17.4 Å². The Morgan fingerprint density at radius 2 is 2.04 bits per heavy atom. The number of benzene rings is 1. The molecule has 120 valence electrons. The number of hydrogen-bond donors (Lipinski definition) is 2. The first-order chi connectivity index (χ1) is 11.0. The molecular formula is C18H22N4O. The Labute approximate surface area is 136 Å². The highest BCUT2D eigenvalue weighted by Crippen LogP contribution is 2.26. The molecule has 0 atom stereocenters. The highest BCUT2D eigenvalue weighted by molar-refractivity contribution is 5.95. The van der Waals surface area contributed by atoms with Crippen LogP contribution in [0.1, 0.15) is 22.5 Å². The van der Waals surface area contributed by atoms with Gasteiger partial charge in [-0.1, -0.05) is 12.1 Å². The largest absolute Gasteiger partial charge is 0.381 e. The molecule has 1 aromatic carbocycles. The SMILES string of the molecule is Cc1ccc(CNc2ccc(C)c(N3CCNC3=O)c2)c(C)n1. The molecule has 2 amide bonds. The summed E-state index contributed by atoms with van der Waals surface area (Å²) in [6.45, 7) is 8.18. The maximum Gasteiger partial charge on any atom is 0.322 e. The van der Waals surface area contributed by atoms with E-state index in [0.717, 1.165) is 28.3 Å². The molecule has 1 fully saturated rings. The zero-order chi connectivity index (χ0) is 16.4. The summed E-state index contributed by atoms with van der Waals surface area (Å²) in [7, 11) is 0. The van der Waals surface area contributed by atoms with Crippen molar-refractivity contribution in [2.75, 3.05) is 23.3 Å².